The van der Waals surface area contributed by atoms with Crippen molar-refractivity contribution < 1.29 is 9.53 Å². The first-order chi connectivity index (χ1) is 15.6. The fourth-order valence-corrected chi connectivity index (χ4v) is 6.09. The summed E-state index contributed by atoms with van der Waals surface area (Å²) in [5.74, 6) is 1.00. The van der Waals surface area contributed by atoms with Gasteiger partial charge < -0.3 is 14.5 Å². The van der Waals surface area contributed by atoms with Gasteiger partial charge in [-0.15, -0.1) is 11.3 Å². The molecule has 0 radical (unpaired) electrons. The molecule has 2 fully saturated rings. The number of thiazole rings is 1. The van der Waals surface area contributed by atoms with Crippen molar-refractivity contribution in [2.75, 3.05) is 33.3 Å². The number of aryl methyl sites for hydroxylation is 1. The van der Waals surface area contributed by atoms with Crippen LogP contribution in [0.1, 0.15) is 47.5 Å². The van der Waals surface area contributed by atoms with Crippen LogP contribution < -0.4 is 4.74 Å². The van der Waals surface area contributed by atoms with Gasteiger partial charge in [0.05, 0.1) is 12.8 Å². The normalized spacial score (nSPS) is 18.2. The first-order valence-corrected chi connectivity index (χ1v) is 12.5. The summed E-state index contributed by atoms with van der Waals surface area (Å²) in [5, 5.41) is 3.19. The summed E-state index contributed by atoms with van der Waals surface area (Å²) < 4.78 is 5.33. The molecule has 2 aliphatic heterocycles. The number of hydrogen-bond donors (Lipinski definition) is 0. The standard InChI is InChI=1S/C26H31N3O2S/c1-18-24(26(30)29-14-10-22(11-15-29)28-12-4-3-5-13-28)32-25(27-18)21-7-6-20-17-23(31-2)9-8-19(20)16-21/h6-9,16-17,22H,3-5,10-15H2,1-2H3. The van der Waals surface area contributed by atoms with Crippen LogP contribution in [0.5, 0.6) is 5.75 Å². The van der Waals surface area contributed by atoms with Gasteiger partial charge in [-0.05, 0) is 74.7 Å². The maximum Gasteiger partial charge on any atom is 0.265 e. The Bertz CT molecular complexity index is 1110. The Morgan fingerprint density at radius 2 is 1.72 bits per heavy atom. The van der Waals surface area contributed by atoms with Crippen LogP contribution in [0.15, 0.2) is 36.4 Å². The van der Waals surface area contributed by atoms with Gasteiger partial charge in [0.25, 0.3) is 5.91 Å². The lowest BCUT2D eigenvalue weighted by Gasteiger charge is -2.40. The number of amides is 1. The second-order valence-corrected chi connectivity index (χ2v) is 9.98. The van der Waals surface area contributed by atoms with Crippen molar-refractivity contribution in [2.24, 2.45) is 0 Å². The molecule has 6 heteroatoms. The van der Waals surface area contributed by atoms with Crippen molar-refractivity contribution in [3.05, 3.63) is 47.0 Å². The number of aromatic nitrogens is 1. The third-order valence-corrected chi connectivity index (χ3v) is 8.14. The molecule has 2 saturated heterocycles. The van der Waals surface area contributed by atoms with Gasteiger partial charge in [-0.25, -0.2) is 4.98 Å². The van der Waals surface area contributed by atoms with Crippen molar-refractivity contribution in [1.29, 1.82) is 0 Å². The van der Waals surface area contributed by atoms with Gasteiger partial charge in [0.15, 0.2) is 0 Å². The van der Waals surface area contributed by atoms with Crippen molar-refractivity contribution in [1.82, 2.24) is 14.8 Å². The zero-order chi connectivity index (χ0) is 22.1. The quantitative estimate of drug-likeness (QED) is 0.537. The molecule has 0 saturated carbocycles. The SMILES string of the molecule is COc1ccc2cc(-c3nc(C)c(C(=O)N4CCC(N5CCCCC5)CC4)s3)ccc2c1. The highest BCUT2D eigenvalue weighted by Crippen LogP contribution is 2.32. The first-order valence-electron chi connectivity index (χ1n) is 11.7. The second-order valence-electron chi connectivity index (χ2n) is 8.98. The molecular weight excluding hydrogens is 418 g/mol. The van der Waals surface area contributed by atoms with Crippen LogP contribution in [-0.2, 0) is 0 Å². The van der Waals surface area contributed by atoms with Gasteiger partial charge in [-0.1, -0.05) is 24.6 Å². The third kappa shape index (κ3) is 4.26. The number of benzene rings is 2. The Morgan fingerprint density at radius 3 is 2.47 bits per heavy atom. The van der Waals surface area contributed by atoms with E-state index in [1.54, 1.807) is 7.11 Å². The van der Waals surface area contributed by atoms with E-state index in [-0.39, 0.29) is 5.91 Å². The molecule has 168 valence electrons. The highest BCUT2D eigenvalue weighted by Gasteiger charge is 2.29. The molecule has 0 atom stereocenters. The Balaban J connectivity index is 1.30. The Morgan fingerprint density at radius 1 is 1.00 bits per heavy atom. The van der Waals surface area contributed by atoms with E-state index < -0.39 is 0 Å². The monoisotopic (exact) mass is 449 g/mol. The highest BCUT2D eigenvalue weighted by molar-refractivity contribution is 7.17. The molecule has 2 aliphatic rings. The molecule has 0 aliphatic carbocycles. The lowest BCUT2D eigenvalue weighted by atomic mass is 10.00. The summed E-state index contributed by atoms with van der Waals surface area (Å²) in [6.07, 6.45) is 6.19. The average molecular weight is 450 g/mol. The third-order valence-electron chi connectivity index (χ3n) is 6.94. The first kappa shape index (κ1) is 21.4. The van der Waals surface area contributed by atoms with Crippen LogP contribution in [0, 0.1) is 6.92 Å². The topological polar surface area (TPSA) is 45.7 Å². The van der Waals surface area contributed by atoms with E-state index >= 15 is 0 Å². The maximum atomic E-state index is 13.3. The van der Waals surface area contributed by atoms with Crippen molar-refractivity contribution >= 4 is 28.0 Å². The number of rotatable bonds is 4. The van der Waals surface area contributed by atoms with Gasteiger partial charge in [-0.3, -0.25) is 4.79 Å². The molecule has 1 aromatic heterocycles. The zero-order valence-electron chi connectivity index (χ0n) is 19.0. The number of nitrogens with zero attached hydrogens (tertiary/aromatic N) is 3. The lowest BCUT2D eigenvalue weighted by Crippen LogP contribution is -2.48. The number of hydrogen-bond acceptors (Lipinski definition) is 5. The summed E-state index contributed by atoms with van der Waals surface area (Å²) in [7, 11) is 1.68. The van der Waals surface area contributed by atoms with Gasteiger partial charge in [0.1, 0.15) is 15.6 Å². The van der Waals surface area contributed by atoms with E-state index in [4.69, 9.17) is 9.72 Å². The summed E-state index contributed by atoms with van der Waals surface area (Å²) in [6, 6.07) is 13.0. The fourth-order valence-electron chi connectivity index (χ4n) is 5.06. The zero-order valence-corrected chi connectivity index (χ0v) is 19.8. The minimum Gasteiger partial charge on any atom is -0.497 e. The van der Waals surface area contributed by atoms with Crippen molar-refractivity contribution in [2.45, 2.75) is 45.1 Å². The van der Waals surface area contributed by atoms with Crippen LogP contribution in [0.2, 0.25) is 0 Å². The largest absolute Gasteiger partial charge is 0.497 e. The van der Waals surface area contributed by atoms with E-state index in [1.807, 2.05) is 24.0 Å². The summed E-state index contributed by atoms with van der Waals surface area (Å²) >= 11 is 1.52. The van der Waals surface area contributed by atoms with Crippen LogP contribution in [0.4, 0.5) is 0 Å². The number of likely N-dealkylation sites (tertiary alicyclic amines) is 2. The van der Waals surface area contributed by atoms with Crippen LogP contribution >= 0.6 is 11.3 Å². The molecular formula is C26H31N3O2S. The second kappa shape index (κ2) is 9.20. The summed E-state index contributed by atoms with van der Waals surface area (Å²) in [5.41, 5.74) is 1.89. The highest BCUT2D eigenvalue weighted by atomic mass is 32.1. The minimum absolute atomic E-state index is 0.147. The van der Waals surface area contributed by atoms with Crippen LogP contribution in [0.3, 0.4) is 0 Å². The molecule has 5 nitrogen and oxygen atoms in total. The summed E-state index contributed by atoms with van der Waals surface area (Å²) in [6.45, 7) is 6.12. The Kier molecular flexibility index (Phi) is 6.15. The molecule has 32 heavy (non-hydrogen) atoms. The fraction of sp³-hybridized carbons (Fsp3) is 0.462. The van der Waals surface area contributed by atoms with E-state index in [0.717, 1.165) is 63.6 Å². The predicted octanol–water partition coefficient (Wildman–Crippen LogP) is 5.37. The molecule has 3 heterocycles. The number of carbonyl (C=O) groups excluding carboxylic acids is 1. The van der Waals surface area contributed by atoms with Crippen molar-refractivity contribution in [3.63, 3.8) is 0 Å². The van der Waals surface area contributed by atoms with Gasteiger partial charge in [0.2, 0.25) is 0 Å². The minimum atomic E-state index is 0.147. The smallest absolute Gasteiger partial charge is 0.265 e. The van der Waals surface area contributed by atoms with Gasteiger partial charge >= 0.3 is 0 Å². The molecule has 0 bridgehead atoms. The summed E-state index contributed by atoms with van der Waals surface area (Å²) in [4.78, 5) is 23.5. The van der Waals surface area contributed by atoms with Gasteiger partial charge in [0, 0.05) is 24.7 Å². The number of ether oxygens (including phenoxy) is 1. The Hall–Kier alpha value is -2.44. The van der Waals surface area contributed by atoms with E-state index in [9.17, 15) is 4.79 Å². The Labute approximate surface area is 194 Å². The molecule has 1 amide bonds. The molecule has 5 rings (SSSR count). The van der Waals surface area contributed by atoms with Crippen LogP contribution in [-0.4, -0.2) is 60.0 Å². The number of fused-ring (bicyclic) bond motifs is 1. The number of piperidine rings is 2. The molecule has 2 aromatic carbocycles. The van der Waals surface area contributed by atoms with E-state index in [2.05, 4.69) is 29.2 Å². The molecule has 0 spiro atoms. The lowest BCUT2D eigenvalue weighted by molar-refractivity contribution is 0.0593. The maximum absolute atomic E-state index is 13.3. The molecule has 3 aromatic rings. The molecule has 0 N–H and O–H groups in total. The molecule has 0 unspecified atom stereocenters. The average Bonchev–Trinajstić information content (AvgIpc) is 3.25. The van der Waals surface area contributed by atoms with E-state index in [1.165, 1.54) is 43.7 Å². The predicted molar refractivity (Wildman–Crippen MR) is 131 cm³/mol. The number of methoxy groups -OCH3 is 1. The van der Waals surface area contributed by atoms with Crippen LogP contribution in [0.25, 0.3) is 21.3 Å². The van der Waals surface area contributed by atoms with E-state index in [0.29, 0.717) is 6.04 Å². The van der Waals surface area contributed by atoms with Gasteiger partial charge in [-0.2, -0.15) is 0 Å². The van der Waals surface area contributed by atoms with Crippen molar-refractivity contribution in [3.8, 4) is 16.3 Å². The number of carbonyl (C=O) groups is 1.